The molecule has 1 heterocycles. The van der Waals surface area contributed by atoms with Gasteiger partial charge in [-0.2, -0.15) is 0 Å². The van der Waals surface area contributed by atoms with Crippen LogP contribution < -0.4 is 4.90 Å². The van der Waals surface area contributed by atoms with E-state index in [0.717, 1.165) is 16.4 Å². The lowest BCUT2D eigenvalue weighted by Crippen LogP contribution is -2.29. The third-order valence-corrected chi connectivity index (χ3v) is 3.90. The topological polar surface area (TPSA) is 53.4 Å². The summed E-state index contributed by atoms with van der Waals surface area (Å²) in [7, 11) is 0. The van der Waals surface area contributed by atoms with Crippen LogP contribution in [-0.2, 0) is 11.3 Å². The number of carboxylic acid groups (broad SMARTS) is 1. The van der Waals surface area contributed by atoms with E-state index in [1.165, 1.54) is 4.88 Å². The van der Waals surface area contributed by atoms with E-state index < -0.39 is 5.97 Å². The molecule has 1 N–H and O–H groups in total. The zero-order valence-electron chi connectivity index (χ0n) is 11.0. The van der Waals surface area contributed by atoms with Crippen LogP contribution in [0, 0.1) is 13.8 Å². The number of para-hydroxylation sites is 1. The first-order valence-electron chi connectivity index (χ1n) is 6.01. The number of hydrogen-bond donors (Lipinski definition) is 1. The summed E-state index contributed by atoms with van der Waals surface area (Å²) >= 11 is 1.62. The first kappa shape index (κ1) is 13.5. The van der Waals surface area contributed by atoms with Crippen LogP contribution in [0.25, 0.3) is 0 Å². The van der Waals surface area contributed by atoms with Crippen LogP contribution >= 0.6 is 11.3 Å². The Bertz CT molecular complexity index is 547. The first-order chi connectivity index (χ1) is 9.06. The van der Waals surface area contributed by atoms with E-state index >= 15 is 0 Å². The SMILES string of the molecule is Cc1nc(CN(CC(=O)O)c2ccccc2)sc1C. The van der Waals surface area contributed by atoms with E-state index in [1.54, 1.807) is 11.3 Å². The maximum absolute atomic E-state index is 11.0. The molecular weight excluding hydrogens is 260 g/mol. The van der Waals surface area contributed by atoms with Crippen molar-refractivity contribution in [3.63, 3.8) is 0 Å². The molecule has 0 saturated carbocycles. The van der Waals surface area contributed by atoms with Gasteiger partial charge in [0, 0.05) is 10.6 Å². The molecule has 19 heavy (non-hydrogen) atoms. The van der Waals surface area contributed by atoms with Crippen LogP contribution in [-0.4, -0.2) is 22.6 Å². The highest BCUT2D eigenvalue weighted by Crippen LogP contribution is 2.21. The highest BCUT2D eigenvalue weighted by molar-refractivity contribution is 7.11. The van der Waals surface area contributed by atoms with Crippen molar-refractivity contribution >= 4 is 23.0 Å². The maximum atomic E-state index is 11.0. The van der Waals surface area contributed by atoms with Gasteiger partial charge in [-0.1, -0.05) is 18.2 Å². The Balaban J connectivity index is 2.21. The van der Waals surface area contributed by atoms with Gasteiger partial charge in [0.2, 0.25) is 0 Å². The number of rotatable bonds is 5. The van der Waals surface area contributed by atoms with E-state index in [0.29, 0.717) is 6.54 Å². The summed E-state index contributed by atoms with van der Waals surface area (Å²) in [5.74, 6) is -0.839. The molecule has 0 aliphatic heterocycles. The number of anilines is 1. The van der Waals surface area contributed by atoms with E-state index in [9.17, 15) is 4.79 Å². The van der Waals surface area contributed by atoms with Gasteiger partial charge >= 0.3 is 5.97 Å². The molecule has 0 amide bonds. The third-order valence-electron chi connectivity index (χ3n) is 2.85. The van der Waals surface area contributed by atoms with E-state index in [2.05, 4.69) is 4.98 Å². The first-order valence-corrected chi connectivity index (χ1v) is 6.82. The number of aromatic nitrogens is 1. The van der Waals surface area contributed by atoms with Crippen LogP contribution in [0.3, 0.4) is 0 Å². The van der Waals surface area contributed by atoms with Crippen LogP contribution in [0.4, 0.5) is 5.69 Å². The summed E-state index contributed by atoms with van der Waals surface area (Å²) in [5, 5.41) is 9.97. The normalized spacial score (nSPS) is 10.4. The second-order valence-corrected chi connectivity index (χ2v) is 5.62. The fraction of sp³-hybridized carbons (Fsp3) is 0.286. The van der Waals surface area contributed by atoms with Crippen molar-refractivity contribution in [1.82, 2.24) is 4.98 Å². The molecule has 2 aromatic rings. The average molecular weight is 276 g/mol. The lowest BCUT2D eigenvalue weighted by atomic mass is 10.3. The number of hydrogen-bond acceptors (Lipinski definition) is 4. The van der Waals surface area contributed by atoms with Gasteiger partial charge < -0.3 is 10.0 Å². The number of carbonyl (C=O) groups is 1. The second kappa shape index (κ2) is 5.84. The number of aliphatic carboxylic acids is 1. The van der Waals surface area contributed by atoms with Crippen LogP contribution in [0.5, 0.6) is 0 Å². The fourth-order valence-corrected chi connectivity index (χ4v) is 2.76. The number of benzene rings is 1. The summed E-state index contributed by atoms with van der Waals surface area (Å²) < 4.78 is 0. The summed E-state index contributed by atoms with van der Waals surface area (Å²) in [6.07, 6.45) is 0. The van der Waals surface area contributed by atoms with Gasteiger partial charge in [-0.05, 0) is 26.0 Å². The molecule has 0 bridgehead atoms. The number of nitrogens with zero attached hydrogens (tertiary/aromatic N) is 2. The summed E-state index contributed by atoms with van der Waals surface area (Å²) in [6, 6.07) is 9.55. The van der Waals surface area contributed by atoms with E-state index in [-0.39, 0.29) is 6.54 Å². The quantitative estimate of drug-likeness (QED) is 0.912. The second-order valence-electron chi connectivity index (χ2n) is 4.33. The lowest BCUT2D eigenvalue weighted by Gasteiger charge is -2.21. The molecule has 4 nitrogen and oxygen atoms in total. The molecule has 0 fully saturated rings. The summed E-state index contributed by atoms with van der Waals surface area (Å²) in [6.45, 7) is 4.50. The van der Waals surface area contributed by atoms with Gasteiger partial charge in [-0.25, -0.2) is 4.98 Å². The Morgan fingerprint density at radius 1 is 1.32 bits per heavy atom. The van der Waals surface area contributed by atoms with Crippen molar-refractivity contribution in [2.45, 2.75) is 20.4 Å². The molecule has 1 aromatic heterocycles. The molecule has 1 aromatic carbocycles. The number of thiazole rings is 1. The van der Waals surface area contributed by atoms with Crippen molar-refractivity contribution < 1.29 is 9.90 Å². The Morgan fingerprint density at radius 2 is 2.00 bits per heavy atom. The van der Waals surface area contributed by atoms with Gasteiger partial charge in [0.1, 0.15) is 11.6 Å². The summed E-state index contributed by atoms with van der Waals surface area (Å²) in [5.41, 5.74) is 1.92. The number of carboxylic acids is 1. The monoisotopic (exact) mass is 276 g/mol. The fourth-order valence-electron chi connectivity index (χ4n) is 1.81. The Morgan fingerprint density at radius 3 is 2.53 bits per heavy atom. The van der Waals surface area contributed by atoms with Crippen molar-refractivity contribution in [2.24, 2.45) is 0 Å². The van der Waals surface area contributed by atoms with E-state index in [4.69, 9.17) is 5.11 Å². The standard InChI is InChI=1S/C14H16N2O2S/c1-10-11(2)19-13(15-10)8-16(9-14(17)18)12-6-4-3-5-7-12/h3-7H,8-9H2,1-2H3,(H,17,18). The molecule has 5 heteroatoms. The van der Waals surface area contributed by atoms with Gasteiger partial charge in [0.25, 0.3) is 0 Å². The smallest absolute Gasteiger partial charge is 0.323 e. The molecule has 2 rings (SSSR count). The maximum Gasteiger partial charge on any atom is 0.323 e. The zero-order chi connectivity index (χ0) is 13.8. The molecule has 0 unspecified atom stereocenters. The predicted molar refractivity (Wildman–Crippen MR) is 76.7 cm³/mol. The summed E-state index contributed by atoms with van der Waals surface area (Å²) in [4.78, 5) is 18.5. The van der Waals surface area contributed by atoms with Crippen LogP contribution in [0.1, 0.15) is 15.6 Å². The molecule has 0 aliphatic rings. The highest BCUT2D eigenvalue weighted by atomic mass is 32.1. The van der Waals surface area contributed by atoms with Crippen molar-refractivity contribution in [1.29, 1.82) is 0 Å². The minimum atomic E-state index is -0.839. The van der Waals surface area contributed by atoms with Gasteiger partial charge in [-0.15, -0.1) is 11.3 Å². The van der Waals surface area contributed by atoms with Crippen molar-refractivity contribution in [3.05, 3.63) is 45.9 Å². The molecule has 0 saturated heterocycles. The largest absolute Gasteiger partial charge is 0.480 e. The Hall–Kier alpha value is -1.88. The van der Waals surface area contributed by atoms with Gasteiger partial charge in [0.05, 0.1) is 12.2 Å². The molecule has 0 aliphatic carbocycles. The Kier molecular flexibility index (Phi) is 4.16. The third kappa shape index (κ3) is 3.54. The van der Waals surface area contributed by atoms with E-state index in [1.807, 2.05) is 49.1 Å². The molecule has 0 atom stereocenters. The van der Waals surface area contributed by atoms with Crippen LogP contribution in [0.2, 0.25) is 0 Å². The predicted octanol–water partition coefficient (Wildman–Crippen LogP) is 2.85. The van der Waals surface area contributed by atoms with Gasteiger partial charge in [0.15, 0.2) is 0 Å². The molecule has 0 spiro atoms. The minimum Gasteiger partial charge on any atom is -0.480 e. The minimum absolute atomic E-state index is 0.0261. The lowest BCUT2D eigenvalue weighted by molar-refractivity contribution is -0.135. The number of aryl methyl sites for hydroxylation is 2. The van der Waals surface area contributed by atoms with Crippen molar-refractivity contribution in [2.75, 3.05) is 11.4 Å². The molecule has 100 valence electrons. The highest BCUT2D eigenvalue weighted by Gasteiger charge is 2.13. The molecular formula is C14H16N2O2S. The zero-order valence-corrected chi connectivity index (χ0v) is 11.8. The molecule has 0 radical (unpaired) electrons. The Labute approximate surface area is 116 Å². The van der Waals surface area contributed by atoms with Crippen molar-refractivity contribution in [3.8, 4) is 0 Å². The average Bonchev–Trinajstić information content (AvgIpc) is 2.68. The van der Waals surface area contributed by atoms with Crippen LogP contribution in [0.15, 0.2) is 30.3 Å². The van der Waals surface area contributed by atoms with Gasteiger partial charge in [-0.3, -0.25) is 4.79 Å².